The fourth-order valence-electron chi connectivity index (χ4n) is 1.49. The third kappa shape index (κ3) is 3.80. The van der Waals surface area contributed by atoms with Gasteiger partial charge in [-0.1, -0.05) is 6.92 Å². The Balaban J connectivity index is 3.05. The molecule has 2 N–H and O–H groups in total. The van der Waals surface area contributed by atoms with Gasteiger partial charge in [-0.2, -0.15) is 13.2 Å². The Morgan fingerprint density at radius 2 is 2.00 bits per heavy atom. The molecule has 18 heavy (non-hydrogen) atoms. The quantitative estimate of drug-likeness (QED) is 0.821. The smallest absolute Gasteiger partial charge is 0.344 e. The highest BCUT2D eigenvalue weighted by atomic mass is 19.4. The highest BCUT2D eigenvalue weighted by Gasteiger charge is 2.32. The van der Waals surface area contributed by atoms with E-state index in [4.69, 9.17) is 5.73 Å². The van der Waals surface area contributed by atoms with Gasteiger partial charge in [0.1, 0.15) is 12.9 Å². The molecule has 0 aliphatic rings. The number of alkyl halides is 3. The number of hydrogen-bond donors (Lipinski definition) is 1. The molecule has 0 fully saturated rings. The zero-order chi connectivity index (χ0) is 13.8. The van der Waals surface area contributed by atoms with Crippen LogP contribution in [0.5, 0.6) is 0 Å². The van der Waals surface area contributed by atoms with Gasteiger partial charge in [0.2, 0.25) is 0 Å². The minimum atomic E-state index is -4.45. The maximum absolute atomic E-state index is 13.8. The van der Waals surface area contributed by atoms with Crippen LogP contribution in [-0.4, -0.2) is 35.8 Å². The molecule has 0 spiro atoms. The lowest BCUT2D eigenvalue weighted by Gasteiger charge is -2.24. The van der Waals surface area contributed by atoms with Gasteiger partial charge in [-0.3, -0.25) is 0 Å². The summed E-state index contributed by atoms with van der Waals surface area (Å²) in [5.74, 6) is -1.18. The third-order valence-electron chi connectivity index (χ3n) is 2.25. The summed E-state index contributed by atoms with van der Waals surface area (Å²) in [7, 11) is 0. The summed E-state index contributed by atoms with van der Waals surface area (Å²) in [6.07, 6.45) is -3.11. The number of aromatic nitrogens is 2. The topological polar surface area (TPSA) is 55.0 Å². The standard InChI is InChI=1S/C10H14F4N4/c1-2-7-8(11)9(17-6-16-7)18(4-3-15)5-10(12,13)14/h6H,2-5,15H2,1H3. The molecule has 0 bridgehead atoms. The maximum atomic E-state index is 13.8. The molecule has 0 amide bonds. The van der Waals surface area contributed by atoms with Crippen molar-refractivity contribution in [3.8, 4) is 0 Å². The summed E-state index contributed by atoms with van der Waals surface area (Å²) >= 11 is 0. The molecule has 0 aromatic carbocycles. The van der Waals surface area contributed by atoms with Crippen molar-refractivity contribution in [1.82, 2.24) is 9.97 Å². The minimum absolute atomic E-state index is 0.0268. The first-order valence-corrected chi connectivity index (χ1v) is 5.40. The van der Waals surface area contributed by atoms with Crippen LogP contribution in [0.15, 0.2) is 6.33 Å². The second-order valence-corrected chi connectivity index (χ2v) is 3.64. The van der Waals surface area contributed by atoms with Crippen molar-refractivity contribution in [2.24, 2.45) is 5.73 Å². The van der Waals surface area contributed by atoms with Crippen LogP contribution in [0.1, 0.15) is 12.6 Å². The van der Waals surface area contributed by atoms with Crippen molar-refractivity contribution < 1.29 is 17.6 Å². The summed E-state index contributed by atoms with van der Waals surface area (Å²) in [5, 5.41) is 0. The summed E-state index contributed by atoms with van der Waals surface area (Å²) in [4.78, 5) is 8.02. The number of nitrogens with two attached hydrogens (primary N) is 1. The van der Waals surface area contributed by atoms with E-state index < -0.39 is 18.5 Å². The lowest BCUT2D eigenvalue weighted by molar-refractivity contribution is -0.119. The number of anilines is 1. The number of aryl methyl sites for hydroxylation is 1. The molecule has 0 aliphatic carbocycles. The first-order valence-electron chi connectivity index (χ1n) is 5.40. The molecule has 0 saturated carbocycles. The zero-order valence-corrected chi connectivity index (χ0v) is 9.84. The highest BCUT2D eigenvalue weighted by Crippen LogP contribution is 2.23. The lowest BCUT2D eigenvalue weighted by Crippen LogP contribution is -2.39. The van der Waals surface area contributed by atoms with Gasteiger partial charge in [-0.15, -0.1) is 0 Å². The summed E-state index contributed by atoms with van der Waals surface area (Å²) in [6, 6.07) is 0. The van der Waals surface area contributed by atoms with Crippen molar-refractivity contribution in [1.29, 1.82) is 0 Å². The van der Waals surface area contributed by atoms with E-state index in [1.165, 1.54) is 0 Å². The van der Waals surface area contributed by atoms with E-state index in [-0.39, 0.29) is 31.0 Å². The third-order valence-corrected chi connectivity index (χ3v) is 2.25. The van der Waals surface area contributed by atoms with E-state index in [2.05, 4.69) is 9.97 Å². The Hall–Kier alpha value is -1.44. The molecular weight excluding hydrogens is 252 g/mol. The van der Waals surface area contributed by atoms with Crippen molar-refractivity contribution in [2.45, 2.75) is 19.5 Å². The molecule has 0 aliphatic heterocycles. The average molecular weight is 266 g/mol. The molecule has 1 aromatic rings. The van der Waals surface area contributed by atoms with E-state index in [1.807, 2.05) is 0 Å². The second kappa shape index (κ2) is 5.94. The van der Waals surface area contributed by atoms with Gasteiger partial charge in [0.25, 0.3) is 0 Å². The molecule has 0 radical (unpaired) electrons. The van der Waals surface area contributed by atoms with Crippen LogP contribution in [0.25, 0.3) is 0 Å². The second-order valence-electron chi connectivity index (χ2n) is 3.64. The van der Waals surface area contributed by atoms with Gasteiger partial charge in [0.05, 0.1) is 5.69 Å². The number of hydrogen-bond acceptors (Lipinski definition) is 4. The molecular formula is C10H14F4N4. The largest absolute Gasteiger partial charge is 0.405 e. The van der Waals surface area contributed by atoms with Gasteiger partial charge < -0.3 is 10.6 Å². The fourth-order valence-corrected chi connectivity index (χ4v) is 1.49. The molecule has 0 saturated heterocycles. The van der Waals surface area contributed by atoms with Gasteiger partial charge in [-0.25, -0.2) is 14.4 Å². The predicted octanol–water partition coefficient (Wildman–Crippen LogP) is 1.51. The van der Waals surface area contributed by atoms with Crippen molar-refractivity contribution >= 4 is 5.82 Å². The molecule has 1 rings (SSSR count). The Bertz CT molecular complexity index is 394. The molecule has 1 aromatic heterocycles. The van der Waals surface area contributed by atoms with E-state index in [0.717, 1.165) is 11.2 Å². The van der Waals surface area contributed by atoms with Crippen LogP contribution >= 0.6 is 0 Å². The number of halogens is 4. The van der Waals surface area contributed by atoms with Crippen molar-refractivity contribution in [3.05, 3.63) is 17.8 Å². The van der Waals surface area contributed by atoms with Crippen LogP contribution in [0.2, 0.25) is 0 Å². The van der Waals surface area contributed by atoms with Crippen LogP contribution in [0.3, 0.4) is 0 Å². The lowest BCUT2D eigenvalue weighted by atomic mass is 10.3. The maximum Gasteiger partial charge on any atom is 0.405 e. The van der Waals surface area contributed by atoms with Gasteiger partial charge in [0, 0.05) is 13.1 Å². The van der Waals surface area contributed by atoms with Crippen molar-refractivity contribution in [2.75, 3.05) is 24.5 Å². The molecule has 8 heteroatoms. The predicted molar refractivity (Wildman–Crippen MR) is 58.7 cm³/mol. The Kier molecular flexibility index (Phi) is 4.83. The van der Waals surface area contributed by atoms with Crippen LogP contribution in [-0.2, 0) is 6.42 Å². The monoisotopic (exact) mass is 266 g/mol. The van der Waals surface area contributed by atoms with Crippen LogP contribution in [0.4, 0.5) is 23.4 Å². The molecule has 0 atom stereocenters. The van der Waals surface area contributed by atoms with Gasteiger partial charge >= 0.3 is 6.18 Å². The summed E-state index contributed by atoms with van der Waals surface area (Å²) in [6.45, 7) is 0.213. The molecule has 1 heterocycles. The highest BCUT2D eigenvalue weighted by molar-refractivity contribution is 5.41. The van der Waals surface area contributed by atoms with Gasteiger partial charge in [0.15, 0.2) is 11.6 Å². The molecule has 4 nitrogen and oxygen atoms in total. The average Bonchev–Trinajstić information content (AvgIpc) is 2.27. The Labute approximate surface area is 102 Å². The number of nitrogens with zero attached hydrogens (tertiary/aromatic N) is 3. The van der Waals surface area contributed by atoms with E-state index in [1.54, 1.807) is 6.92 Å². The van der Waals surface area contributed by atoms with E-state index in [9.17, 15) is 17.6 Å². The van der Waals surface area contributed by atoms with E-state index in [0.29, 0.717) is 0 Å². The molecule has 0 unspecified atom stereocenters. The first-order chi connectivity index (χ1) is 8.39. The van der Waals surface area contributed by atoms with Crippen LogP contribution in [0, 0.1) is 5.82 Å². The Morgan fingerprint density at radius 1 is 1.33 bits per heavy atom. The molecule has 102 valence electrons. The fraction of sp³-hybridized carbons (Fsp3) is 0.600. The SMILES string of the molecule is CCc1ncnc(N(CCN)CC(F)(F)F)c1F. The van der Waals surface area contributed by atoms with Gasteiger partial charge in [-0.05, 0) is 6.42 Å². The number of rotatable bonds is 5. The van der Waals surface area contributed by atoms with E-state index >= 15 is 0 Å². The Morgan fingerprint density at radius 3 is 2.50 bits per heavy atom. The zero-order valence-electron chi connectivity index (χ0n) is 9.84. The van der Waals surface area contributed by atoms with Crippen LogP contribution < -0.4 is 10.6 Å². The van der Waals surface area contributed by atoms with Crippen molar-refractivity contribution in [3.63, 3.8) is 0 Å². The first kappa shape index (κ1) is 14.6. The normalized spacial score (nSPS) is 11.7. The summed E-state index contributed by atoms with van der Waals surface area (Å²) in [5.41, 5.74) is 5.32. The minimum Gasteiger partial charge on any atom is -0.344 e. The summed E-state index contributed by atoms with van der Waals surface area (Å²) < 4.78 is 51.0.